The van der Waals surface area contributed by atoms with E-state index in [1.165, 1.54) is 0 Å². The molecule has 0 aromatic heterocycles. The summed E-state index contributed by atoms with van der Waals surface area (Å²) in [6.07, 6.45) is 6.93. The number of hydrogen-bond donors (Lipinski definition) is 0. The molecule has 0 fully saturated rings. The van der Waals surface area contributed by atoms with E-state index in [0.717, 1.165) is 0 Å². The second kappa shape index (κ2) is 5.66. The topological polar surface area (TPSA) is 18.5 Å². The fourth-order valence-electron chi connectivity index (χ4n) is 0.530. The van der Waals surface area contributed by atoms with Crippen molar-refractivity contribution in [1.82, 2.24) is 0 Å². The Hall–Kier alpha value is -0.963. The molecule has 0 unspecified atom stereocenters. The van der Waals surface area contributed by atoms with Crippen LogP contribution >= 0.6 is 0 Å². The molecule has 0 radical (unpaired) electrons. The van der Waals surface area contributed by atoms with Gasteiger partial charge < -0.3 is 8.85 Å². The van der Waals surface area contributed by atoms with Gasteiger partial charge in [0, 0.05) is 6.55 Å². The first-order valence-corrected chi connectivity index (χ1v) is 6.29. The van der Waals surface area contributed by atoms with Crippen molar-refractivity contribution in [2.24, 2.45) is 0 Å². The van der Waals surface area contributed by atoms with Crippen LogP contribution in [0.4, 0.5) is 0 Å². The fourth-order valence-corrected chi connectivity index (χ4v) is 1.59. The molecule has 68 valence electrons. The summed E-state index contributed by atoms with van der Waals surface area (Å²) < 4.78 is 10.8. The standard InChI is InChI=1S/C9H16O2Si/c1-5-8-10-12(4,7-3)11-9-6-2/h5-9H,3H2,1-2,4H3. The number of allylic oxidation sites excluding steroid dienone is 2. The summed E-state index contributed by atoms with van der Waals surface area (Å²) >= 11 is 0. The Morgan fingerprint density at radius 2 is 1.50 bits per heavy atom. The summed E-state index contributed by atoms with van der Waals surface area (Å²) in [6, 6.07) is 0. The van der Waals surface area contributed by atoms with Gasteiger partial charge in [0.05, 0.1) is 12.5 Å². The van der Waals surface area contributed by atoms with Gasteiger partial charge in [0.15, 0.2) is 0 Å². The van der Waals surface area contributed by atoms with Crippen LogP contribution in [0.5, 0.6) is 0 Å². The van der Waals surface area contributed by atoms with E-state index >= 15 is 0 Å². The van der Waals surface area contributed by atoms with Gasteiger partial charge >= 0.3 is 8.56 Å². The van der Waals surface area contributed by atoms with Crippen molar-refractivity contribution in [3.8, 4) is 0 Å². The van der Waals surface area contributed by atoms with Crippen molar-refractivity contribution in [3.05, 3.63) is 37.0 Å². The van der Waals surface area contributed by atoms with Crippen LogP contribution in [0.1, 0.15) is 13.8 Å². The van der Waals surface area contributed by atoms with Crippen LogP contribution in [-0.4, -0.2) is 8.56 Å². The molecule has 0 aliphatic heterocycles. The smallest absolute Gasteiger partial charge is 0.483 e. The Bertz CT molecular complexity index is 171. The molecular formula is C9H16O2Si. The maximum absolute atomic E-state index is 5.40. The second-order valence-corrected chi connectivity index (χ2v) is 5.31. The van der Waals surface area contributed by atoms with E-state index in [1.54, 1.807) is 18.2 Å². The molecule has 12 heavy (non-hydrogen) atoms. The molecule has 0 spiro atoms. The van der Waals surface area contributed by atoms with Crippen molar-refractivity contribution < 1.29 is 8.85 Å². The van der Waals surface area contributed by atoms with Crippen molar-refractivity contribution in [2.75, 3.05) is 0 Å². The van der Waals surface area contributed by atoms with Crippen molar-refractivity contribution >= 4 is 8.56 Å². The maximum Gasteiger partial charge on any atom is 0.483 e. The molecular weight excluding hydrogens is 168 g/mol. The van der Waals surface area contributed by atoms with Gasteiger partial charge in [-0.05, 0) is 19.5 Å². The van der Waals surface area contributed by atoms with Gasteiger partial charge in [-0.25, -0.2) is 0 Å². The van der Waals surface area contributed by atoms with Gasteiger partial charge in [0.25, 0.3) is 0 Å². The van der Waals surface area contributed by atoms with Crippen LogP contribution in [0.2, 0.25) is 6.55 Å². The minimum atomic E-state index is -2.18. The molecule has 0 saturated carbocycles. The lowest BCUT2D eigenvalue weighted by molar-refractivity contribution is 0.326. The Balaban J connectivity index is 4.13. The van der Waals surface area contributed by atoms with E-state index in [0.29, 0.717) is 0 Å². The molecule has 2 nitrogen and oxygen atoms in total. The van der Waals surface area contributed by atoms with E-state index < -0.39 is 8.56 Å². The SMILES string of the molecule is C=C[Si](C)(OC=CC)OC=CC. The lowest BCUT2D eigenvalue weighted by atomic mass is 10.7. The number of hydrogen-bond acceptors (Lipinski definition) is 2. The predicted molar refractivity (Wildman–Crippen MR) is 53.6 cm³/mol. The van der Waals surface area contributed by atoms with E-state index in [-0.39, 0.29) is 0 Å². The highest BCUT2D eigenvalue weighted by Crippen LogP contribution is 2.09. The molecule has 0 heterocycles. The molecule has 3 heteroatoms. The minimum absolute atomic E-state index is 1.64. The van der Waals surface area contributed by atoms with Crippen LogP contribution in [0.3, 0.4) is 0 Å². The van der Waals surface area contributed by atoms with Gasteiger partial charge in [-0.15, -0.1) is 6.58 Å². The molecule has 0 amide bonds. The molecule has 0 N–H and O–H groups in total. The van der Waals surface area contributed by atoms with Gasteiger partial charge in [0.2, 0.25) is 0 Å². The highest BCUT2D eigenvalue weighted by Gasteiger charge is 2.28. The quantitative estimate of drug-likeness (QED) is 0.483. The zero-order valence-corrected chi connectivity index (χ0v) is 8.91. The van der Waals surface area contributed by atoms with Crippen LogP contribution in [0.15, 0.2) is 37.0 Å². The van der Waals surface area contributed by atoms with Crippen LogP contribution < -0.4 is 0 Å². The first-order valence-electron chi connectivity index (χ1n) is 3.90. The third kappa shape index (κ3) is 4.03. The van der Waals surface area contributed by atoms with Gasteiger partial charge in [-0.1, -0.05) is 12.2 Å². The minimum Gasteiger partial charge on any atom is -0.516 e. The molecule has 0 aromatic rings. The van der Waals surface area contributed by atoms with Crippen molar-refractivity contribution in [3.63, 3.8) is 0 Å². The lowest BCUT2D eigenvalue weighted by Gasteiger charge is -2.20. The Kier molecular flexibility index (Phi) is 5.20. The molecule has 0 atom stereocenters. The van der Waals surface area contributed by atoms with Gasteiger partial charge in [-0.3, -0.25) is 0 Å². The average Bonchev–Trinajstić information content (AvgIpc) is 2.11. The summed E-state index contributed by atoms with van der Waals surface area (Å²) in [5.41, 5.74) is 1.74. The summed E-state index contributed by atoms with van der Waals surface area (Å²) in [7, 11) is -2.18. The second-order valence-electron chi connectivity index (χ2n) is 2.39. The molecule has 0 saturated heterocycles. The first kappa shape index (κ1) is 11.0. The predicted octanol–water partition coefficient (Wildman–Crippen LogP) is 2.88. The van der Waals surface area contributed by atoms with E-state index in [1.807, 2.05) is 32.5 Å². The molecule has 0 rings (SSSR count). The number of rotatable bonds is 5. The third-order valence-corrected chi connectivity index (χ3v) is 3.20. The monoisotopic (exact) mass is 184 g/mol. The highest BCUT2D eigenvalue weighted by atomic mass is 28.4. The zero-order valence-electron chi connectivity index (χ0n) is 7.91. The summed E-state index contributed by atoms with van der Waals surface area (Å²) in [4.78, 5) is 0. The molecule has 0 aliphatic carbocycles. The van der Waals surface area contributed by atoms with E-state index in [2.05, 4.69) is 6.58 Å². The maximum atomic E-state index is 5.40. The van der Waals surface area contributed by atoms with E-state index in [9.17, 15) is 0 Å². The summed E-state index contributed by atoms with van der Waals surface area (Å²) in [6.45, 7) is 9.41. The zero-order chi connectivity index (χ0) is 9.45. The molecule has 0 aromatic carbocycles. The first-order chi connectivity index (χ1) is 5.68. The highest BCUT2D eigenvalue weighted by molar-refractivity contribution is 6.71. The normalized spacial score (nSPS) is 16.2. The van der Waals surface area contributed by atoms with Crippen LogP contribution in [-0.2, 0) is 8.85 Å². The van der Waals surface area contributed by atoms with Crippen LogP contribution in [0.25, 0.3) is 0 Å². The van der Waals surface area contributed by atoms with Crippen molar-refractivity contribution in [1.29, 1.82) is 0 Å². The average molecular weight is 184 g/mol. The Morgan fingerprint density at radius 1 is 1.08 bits per heavy atom. The Morgan fingerprint density at radius 3 is 1.75 bits per heavy atom. The third-order valence-electron chi connectivity index (χ3n) is 1.25. The summed E-state index contributed by atoms with van der Waals surface area (Å²) in [5.74, 6) is 0. The fraction of sp³-hybridized carbons (Fsp3) is 0.333. The van der Waals surface area contributed by atoms with Crippen molar-refractivity contribution in [2.45, 2.75) is 20.4 Å². The molecule has 0 bridgehead atoms. The molecule has 0 aliphatic rings. The van der Waals surface area contributed by atoms with Gasteiger partial charge in [0.1, 0.15) is 0 Å². The lowest BCUT2D eigenvalue weighted by Crippen LogP contribution is -2.32. The largest absolute Gasteiger partial charge is 0.516 e. The van der Waals surface area contributed by atoms with Crippen LogP contribution in [0, 0.1) is 0 Å². The van der Waals surface area contributed by atoms with Gasteiger partial charge in [-0.2, -0.15) is 0 Å². The summed E-state index contributed by atoms with van der Waals surface area (Å²) in [5, 5.41) is 0. The van der Waals surface area contributed by atoms with E-state index in [4.69, 9.17) is 8.85 Å². The Labute approximate surface area is 75.4 Å².